The van der Waals surface area contributed by atoms with Crippen molar-refractivity contribution in [1.29, 1.82) is 0 Å². The first kappa shape index (κ1) is 23.8. The summed E-state index contributed by atoms with van der Waals surface area (Å²) in [6.45, 7) is 1.27. The summed E-state index contributed by atoms with van der Waals surface area (Å²) in [5, 5.41) is 11.5. The summed E-state index contributed by atoms with van der Waals surface area (Å²) >= 11 is 0. The molecule has 180 valence electrons. The molecule has 2 unspecified atom stereocenters. The maximum atomic E-state index is 12.8. The predicted octanol–water partition coefficient (Wildman–Crippen LogP) is 3.25. The summed E-state index contributed by atoms with van der Waals surface area (Å²) in [6.07, 6.45) is 0.00416. The SMILES string of the molecule is COC(CNC(=O)OCC1c2ccccc2-c2ccccc21)C(=O)N1CCC(CCC(=O)O)C1. The van der Waals surface area contributed by atoms with Gasteiger partial charge in [-0.1, -0.05) is 48.5 Å². The summed E-state index contributed by atoms with van der Waals surface area (Å²) < 4.78 is 10.8. The number of hydrogen-bond acceptors (Lipinski definition) is 5. The molecule has 0 spiro atoms. The Bertz CT molecular complexity index is 1010. The van der Waals surface area contributed by atoms with Gasteiger partial charge in [-0.15, -0.1) is 0 Å². The molecule has 0 saturated carbocycles. The average molecular weight is 467 g/mol. The van der Waals surface area contributed by atoms with E-state index < -0.39 is 18.2 Å². The molecule has 2 atom stereocenters. The van der Waals surface area contributed by atoms with Crippen molar-refractivity contribution >= 4 is 18.0 Å². The van der Waals surface area contributed by atoms with Crippen molar-refractivity contribution in [3.05, 3.63) is 59.7 Å². The van der Waals surface area contributed by atoms with E-state index in [1.54, 1.807) is 4.90 Å². The largest absolute Gasteiger partial charge is 0.481 e. The van der Waals surface area contributed by atoms with Crippen LogP contribution >= 0.6 is 0 Å². The first-order chi connectivity index (χ1) is 16.5. The van der Waals surface area contributed by atoms with Crippen LogP contribution in [-0.4, -0.2) is 67.4 Å². The van der Waals surface area contributed by atoms with Crippen molar-refractivity contribution < 1.29 is 29.0 Å². The summed E-state index contributed by atoms with van der Waals surface area (Å²) in [5.74, 6) is -0.899. The van der Waals surface area contributed by atoms with E-state index in [0.717, 1.165) is 28.7 Å². The van der Waals surface area contributed by atoms with E-state index in [1.165, 1.54) is 7.11 Å². The molecule has 2 aromatic rings. The number of benzene rings is 2. The number of hydrogen-bond donors (Lipinski definition) is 2. The molecule has 0 bridgehead atoms. The topological polar surface area (TPSA) is 105 Å². The van der Waals surface area contributed by atoms with Crippen molar-refractivity contribution in [2.24, 2.45) is 5.92 Å². The number of carbonyl (C=O) groups excluding carboxylic acids is 2. The van der Waals surface area contributed by atoms with Crippen molar-refractivity contribution in [1.82, 2.24) is 10.2 Å². The smallest absolute Gasteiger partial charge is 0.407 e. The average Bonchev–Trinajstić information content (AvgIpc) is 3.45. The number of nitrogens with zero attached hydrogens (tertiary/aromatic N) is 1. The zero-order valence-electron chi connectivity index (χ0n) is 19.2. The number of amides is 2. The number of carbonyl (C=O) groups is 3. The van der Waals surface area contributed by atoms with Gasteiger partial charge in [0.2, 0.25) is 0 Å². The summed E-state index contributed by atoms with van der Waals surface area (Å²) in [5.41, 5.74) is 4.58. The third-order valence-corrected chi connectivity index (χ3v) is 6.70. The van der Waals surface area contributed by atoms with Gasteiger partial charge in [0.25, 0.3) is 5.91 Å². The molecule has 0 radical (unpaired) electrons. The Kier molecular flexibility index (Phi) is 7.47. The van der Waals surface area contributed by atoms with Crippen LogP contribution in [0.2, 0.25) is 0 Å². The van der Waals surface area contributed by atoms with Gasteiger partial charge in [0.15, 0.2) is 6.10 Å². The molecule has 1 heterocycles. The second kappa shape index (κ2) is 10.7. The van der Waals surface area contributed by atoms with Crippen LogP contribution in [0.5, 0.6) is 0 Å². The van der Waals surface area contributed by atoms with Crippen molar-refractivity contribution in [3.63, 3.8) is 0 Å². The Labute approximate surface area is 198 Å². The Morgan fingerprint density at radius 3 is 2.35 bits per heavy atom. The van der Waals surface area contributed by atoms with E-state index in [4.69, 9.17) is 14.6 Å². The second-order valence-electron chi connectivity index (χ2n) is 8.80. The van der Waals surface area contributed by atoms with E-state index in [1.807, 2.05) is 24.3 Å². The predicted molar refractivity (Wildman–Crippen MR) is 125 cm³/mol. The number of nitrogens with one attached hydrogen (secondary N) is 1. The highest BCUT2D eigenvalue weighted by atomic mass is 16.5. The molecule has 1 fully saturated rings. The molecule has 4 rings (SSSR count). The number of carboxylic acid groups (broad SMARTS) is 1. The Balaban J connectivity index is 1.27. The molecule has 2 aromatic carbocycles. The number of carboxylic acids is 1. The first-order valence-corrected chi connectivity index (χ1v) is 11.6. The fourth-order valence-corrected chi connectivity index (χ4v) is 4.90. The van der Waals surface area contributed by atoms with Gasteiger partial charge < -0.3 is 24.8 Å². The minimum Gasteiger partial charge on any atom is -0.481 e. The van der Waals surface area contributed by atoms with Crippen LogP contribution in [0.25, 0.3) is 11.1 Å². The molecule has 1 saturated heterocycles. The molecule has 2 aliphatic rings. The van der Waals surface area contributed by atoms with Crippen LogP contribution < -0.4 is 5.32 Å². The maximum Gasteiger partial charge on any atom is 0.407 e. The fourth-order valence-electron chi connectivity index (χ4n) is 4.90. The molecule has 8 heteroatoms. The van der Waals surface area contributed by atoms with Gasteiger partial charge in [0.1, 0.15) is 6.61 Å². The molecule has 1 aliphatic heterocycles. The van der Waals surface area contributed by atoms with E-state index in [-0.39, 0.29) is 37.3 Å². The molecule has 0 aromatic heterocycles. The van der Waals surface area contributed by atoms with Gasteiger partial charge in [0.05, 0.1) is 6.54 Å². The minimum atomic E-state index is -0.827. The van der Waals surface area contributed by atoms with Crippen molar-refractivity contribution in [3.8, 4) is 11.1 Å². The van der Waals surface area contributed by atoms with Gasteiger partial charge in [-0.2, -0.15) is 0 Å². The van der Waals surface area contributed by atoms with Crippen LogP contribution in [0, 0.1) is 5.92 Å². The third-order valence-electron chi connectivity index (χ3n) is 6.70. The highest BCUT2D eigenvalue weighted by Crippen LogP contribution is 2.44. The summed E-state index contributed by atoms with van der Waals surface area (Å²) in [7, 11) is 1.43. The van der Waals surface area contributed by atoms with E-state index in [0.29, 0.717) is 19.5 Å². The number of likely N-dealkylation sites (tertiary alicyclic amines) is 1. The number of ether oxygens (including phenoxy) is 2. The van der Waals surface area contributed by atoms with Crippen LogP contribution in [-0.2, 0) is 19.1 Å². The lowest BCUT2D eigenvalue weighted by Crippen LogP contribution is -2.45. The van der Waals surface area contributed by atoms with Gasteiger partial charge in [0, 0.05) is 32.5 Å². The third kappa shape index (κ3) is 5.22. The molecule has 2 N–H and O–H groups in total. The Hall–Kier alpha value is -3.39. The lowest BCUT2D eigenvalue weighted by molar-refractivity contribution is -0.140. The second-order valence-corrected chi connectivity index (χ2v) is 8.80. The summed E-state index contributed by atoms with van der Waals surface area (Å²) in [4.78, 5) is 37.7. The first-order valence-electron chi connectivity index (χ1n) is 11.6. The quantitative estimate of drug-likeness (QED) is 0.588. The number of rotatable bonds is 9. The van der Waals surface area contributed by atoms with Gasteiger partial charge in [-0.05, 0) is 41.0 Å². The standard InChI is InChI=1S/C26H30N2O6/c1-33-23(25(31)28-13-12-17(15-28)10-11-24(29)30)14-27-26(32)34-16-22-20-8-4-2-6-18(20)19-7-3-5-9-21(19)22/h2-9,17,22-23H,10-16H2,1H3,(H,27,32)(H,29,30). The lowest BCUT2D eigenvalue weighted by atomic mass is 9.98. The van der Waals surface area contributed by atoms with Crippen LogP contribution in [0.15, 0.2) is 48.5 Å². The van der Waals surface area contributed by atoms with E-state index in [2.05, 4.69) is 29.6 Å². The summed E-state index contributed by atoms with van der Waals surface area (Å²) in [6, 6.07) is 16.2. The van der Waals surface area contributed by atoms with E-state index >= 15 is 0 Å². The number of methoxy groups -OCH3 is 1. The minimum absolute atomic E-state index is 0.00228. The fraction of sp³-hybridized carbons (Fsp3) is 0.423. The lowest BCUT2D eigenvalue weighted by Gasteiger charge is -2.23. The highest BCUT2D eigenvalue weighted by Gasteiger charge is 2.32. The normalized spacial score (nSPS) is 17.7. The van der Waals surface area contributed by atoms with E-state index in [9.17, 15) is 14.4 Å². The molecule has 2 amide bonds. The van der Waals surface area contributed by atoms with Crippen LogP contribution in [0.1, 0.15) is 36.3 Å². The molecular formula is C26H30N2O6. The molecule has 8 nitrogen and oxygen atoms in total. The van der Waals surface area contributed by atoms with Crippen LogP contribution in [0.3, 0.4) is 0 Å². The monoisotopic (exact) mass is 466 g/mol. The van der Waals surface area contributed by atoms with Gasteiger partial charge >= 0.3 is 12.1 Å². The molecule has 1 aliphatic carbocycles. The number of fused-ring (bicyclic) bond motifs is 3. The van der Waals surface area contributed by atoms with Crippen molar-refractivity contribution in [2.75, 3.05) is 33.4 Å². The van der Waals surface area contributed by atoms with Crippen molar-refractivity contribution in [2.45, 2.75) is 31.3 Å². The molecular weight excluding hydrogens is 436 g/mol. The van der Waals surface area contributed by atoms with Gasteiger partial charge in [-0.25, -0.2) is 4.79 Å². The maximum absolute atomic E-state index is 12.8. The van der Waals surface area contributed by atoms with Gasteiger partial charge in [-0.3, -0.25) is 9.59 Å². The zero-order chi connectivity index (χ0) is 24.1. The highest BCUT2D eigenvalue weighted by molar-refractivity contribution is 5.82. The Morgan fingerprint density at radius 2 is 1.74 bits per heavy atom. The number of alkyl carbamates (subject to hydrolysis) is 1. The zero-order valence-corrected chi connectivity index (χ0v) is 19.2. The molecule has 34 heavy (non-hydrogen) atoms. The van der Waals surface area contributed by atoms with Crippen LogP contribution in [0.4, 0.5) is 4.79 Å². The number of aliphatic carboxylic acids is 1. The Morgan fingerprint density at radius 1 is 1.09 bits per heavy atom.